The molecule has 4 aromatic carbocycles. The van der Waals surface area contributed by atoms with Crippen LogP contribution < -0.4 is 4.90 Å². The summed E-state index contributed by atoms with van der Waals surface area (Å²) >= 11 is 0. The van der Waals surface area contributed by atoms with E-state index in [-0.39, 0.29) is 11.8 Å². The first kappa shape index (κ1) is 20.7. The molecule has 1 fully saturated rings. The number of benzene rings is 4. The highest BCUT2D eigenvalue weighted by Gasteiger charge is 2.35. The molecule has 1 aliphatic rings. The Morgan fingerprint density at radius 2 is 1.65 bits per heavy atom. The molecule has 1 amide bonds. The lowest BCUT2D eigenvalue weighted by molar-refractivity contribution is -0.117. The highest BCUT2D eigenvalue weighted by Crippen LogP contribution is 2.34. The van der Waals surface area contributed by atoms with E-state index in [1.165, 1.54) is 27.5 Å². The fourth-order valence-corrected chi connectivity index (χ4v) is 5.12. The molecule has 1 atom stereocenters. The Kier molecular flexibility index (Phi) is 4.95. The molecule has 1 saturated heterocycles. The lowest BCUT2D eigenvalue weighted by Crippen LogP contribution is -2.24. The highest BCUT2D eigenvalue weighted by atomic mass is 16.2. The van der Waals surface area contributed by atoms with Gasteiger partial charge < -0.3 is 9.47 Å². The predicted octanol–water partition coefficient (Wildman–Crippen LogP) is 6.38. The van der Waals surface area contributed by atoms with Gasteiger partial charge in [0.2, 0.25) is 5.91 Å². The molecule has 5 aromatic rings. The third-order valence-corrected chi connectivity index (χ3v) is 7.13. The van der Waals surface area contributed by atoms with Crippen molar-refractivity contribution in [1.82, 2.24) is 9.55 Å². The molecule has 34 heavy (non-hydrogen) atoms. The number of carbonyl (C=O) groups excluding carboxylic acids is 1. The number of rotatable bonds is 4. The number of hydrogen-bond acceptors (Lipinski definition) is 2. The summed E-state index contributed by atoms with van der Waals surface area (Å²) in [6.45, 7) is 5.58. The minimum Gasteiger partial charge on any atom is -0.323 e. The van der Waals surface area contributed by atoms with Crippen molar-refractivity contribution in [2.24, 2.45) is 0 Å². The summed E-state index contributed by atoms with van der Waals surface area (Å²) in [5.74, 6) is 1.22. The Bertz CT molecular complexity index is 1550. The minimum absolute atomic E-state index is 0.0574. The van der Waals surface area contributed by atoms with Gasteiger partial charge in [-0.15, -0.1) is 0 Å². The number of hydrogen-bond donors (Lipinski definition) is 0. The molecule has 0 saturated carbocycles. The minimum atomic E-state index is 0.0574. The van der Waals surface area contributed by atoms with Crippen molar-refractivity contribution < 1.29 is 4.79 Å². The zero-order valence-corrected chi connectivity index (χ0v) is 19.5. The lowest BCUT2D eigenvalue weighted by atomic mass is 10.1. The maximum absolute atomic E-state index is 13.1. The van der Waals surface area contributed by atoms with Gasteiger partial charge in [-0.25, -0.2) is 4.98 Å². The third kappa shape index (κ3) is 3.56. The Hall–Kier alpha value is -3.92. The normalized spacial score (nSPS) is 16.1. The van der Waals surface area contributed by atoms with E-state index < -0.39 is 0 Å². The van der Waals surface area contributed by atoms with Crippen LogP contribution in [0, 0.1) is 13.8 Å². The molecule has 1 unspecified atom stereocenters. The maximum Gasteiger partial charge on any atom is 0.227 e. The second-order valence-corrected chi connectivity index (χ2v) is 9.40. The SMILES string of the molecule is Cc1ccc(N2CC(c3nc4ccccc4n3Cc3ccc4ccccc4c3)CC2=O)cc1C. The Balaban J connectivity index is 1.38. The number of para-hydroxylation sites is 2. The molecule has 4 nitrogen and oxygen atoms in total. The average Bonchev–Trinajstić information content (AvgIpc) is 3.41. The molecule has 2 heterocycles. The molecule has 6 rings (SSSR count). The second-order valence-electron chi connectivity index (χ2n) is 9.40. The van der Waals surface area contributed by atoms with Crippen LogP contribution in [0.2, 0.25) is 0 Å². The van der Waals surface area contributed by atoms with E-state index in [4.69, 9.17) is 4.98 Å². The first-order valence-electron chi connectivity index (χ1n) is 11.9. The van der Waals surface area contributed by atoms with Gasteiger partial charge in [0.1, 0.15) is 5.82 Å². The third-order valence-electron chi connectivity index (χ3n) is 7.13. The number of fused-ring (bicyclic) bond motifs is 2. The predicted molar refractivity (Wildman–Crippen MR) is 138 cm³/mol. The van der Waals surface area contributed by atoms with Crippen LogP contribution in [0.4, 0.5) is 5.69 Å². The summed E-state index contributed by atoms with van der Waals surface area (Å²) in [5.41, 5.74) is 6.76. The Morgan fingerprint density at radius 3 is 2.50 bits per heavy atom. The van der Waals surface area contributed by atoms with E-state index >= 15 is 0 Å². The fraction of sp³-hybridized carbons (Fsp3) is 0.200. The topological polar surface area (TPSA) is 38.1 Å². The molecular weight excluding hydrogens is 418 g/mol. The van der Waals surface area contributed by atoms with Gasteiger partial charge in [-0.1, -0.05) is 54.6 Å². The smallest absolute Gasteiger partial charge is 0.227 e. The number of nitrogens with zero attached hydrogens (tertiary/aromatic N) is 3. The number of imidazole rings is 1. The maximum atomic E-state index is 13.1. The van der Waals surface area contributed by atoms with Gasteiger partial charge in [0.25, 0.3) is 0 Å². The van der Waals surface area contributed by atoms with Crippen molar-refractivity contribution in [3.8, 4) is 0 Å². The van der Waals surface area contributed by atoms with E-state index in [0.29, 0.717) is 13.0 Å². The number of carbonyl (C=O) groups is 1. The van der Waals surface area contributed by atoms with E-state index in [0.717, 1.165) is 29.1 Å². The Labute approximate surface area is 199 Å². The van der Waals surface area contributed by atoms with Gasteiger partial charge in [-0.3, -0.25) is 4.79 Å². The van der Waals surface area contributed by atoms with Crippen LogP contribution in [-0.2, 0) is 11.3 Å². The van der Waals surface area contributed by atoms with Gasteiger partial charge in [0, 0.05) is 31.1 Å². The Morgan fingerprint density at radius 1 is 0.853 bits per heavy atom. The van der Waals surface area contributed by atoms with E-state index in [1.54, 1.807) is 0 Å². The fourth-order valence-electron chi connectivity index (χ4n) is 5.12. The van der Waals surface area contributed by atoms with Crippen LogP contribution in [0.5, 0.6) is 0 Å². The van der Waals surface area contributed by atoms with Crippen LogP contribution in [0.25, 0.3) is 21.8 Å². The zero-order chi connectivity index (χ0) is 23.2. The number of aryl methyl sites for hydroxylation is 2. The molecule has 0 aliphatic carbocycles. The van der Waals surface area contributed by atoms with Crippen molar-refractivity contribution in [3.63, 3.8) is 0 Å². The number of amides is 1. The molecule has 0 spiro atoms. The van der Waals surface area contributed by atoms with Crippen molar-refractivity contribution >= 4 is 33.4 Å². The standard InChI is InChI=1S/C30H27N3O/c1-20-11-14-26(15-21(20)2)32-19-25(17-29(32)34)30-31-27-9-5-6-10-28(27)33(30)18-22-12-13-23-7-3-4-8-24(23)16-22/h3-16,25H,17-19H2,1-2H3. The lowest BCUT2D eigenvalue weighted by Gasteiger charge is -2.18. The molecule has 0 N–H and O–H groups in total. The second kappa shape index (κ2) is 8.14. The molecule has 1 aliphatic heterocycles. The summed E-state index contributed by atoms with van der Waals surface area (Å²) in [4.78, 5) is 20.0. The van der Waals surface area contributed by atoms with Gasteiger partial charge in [0.05, 0.1) is 11.0 Å². The molecule has 1 aromatic heterocycles. The summed E-state index contributed by atoms with van der Waals surface area (Å²) in [5, 5.41) is 2.48. The number of anilines is 1. The van der Waals surface area contributed by atoms with Crippen LogP contribution >= 0.6 is 0 Å². The highest BCUT2D eigenvalue weighted by molar-refractivity contribution is 5.96. The molecule has 4 heteroatoms. The van der Waals surface area contributed by atoms with Crippen LogP contribution in [-0.4, -0.2) is 22.0 Å². The van der Waals surface area contributed by atoms with E-state index in [2.05, 4.69) is 97.3 Å². The summed E-state index contributed by atoms with van der Waals surface area (Å²) in [7, 11) is 0. The summed E-state index contributed by atoms with van der Waals surface area (Å²) in [6.07, 6.45) is 0.480. The summed E-state index contributed by atoms with van der Waals surface area (Å²) < 4.78 is 2.31. The zero-order valence-electron chi connectivity index (χ0n) is 19.5. The van der Waals surface area contributed by atoms with E-state index in [1.807, 2.05) is 11.0 Å². The van der Waals surface area contributed by atoms with Gasteiger partial charge >= 0.3 is 0 Å². The van der Waals surface area contributed by atoms with Crippen molar-refractivity contribution in [2.45, 2.75) is 32.7 Å². The van der Waals surface area contributed by atoms with Crippen molar-refractivity contribution in [2.75, 3.05) is 11.4 Å². The van der Waals surface area contributed by atoms with Crippen molar-refractivity contribution in [1.29, 1.82) is 0 Å². The van der Waals surface area contributed by atoms with Gasteiger partial charge in [0.15, 0.2) is 0 Å². The van der Waals surface area contributed by atoms with Crippen LogP contribution in [0.3, 0.4) is 0 Å². The van der Waals surface area contributed by atoms with Crippen LogP contribution in [0.1, 0.15) is 34.9 Å². The monoisotopic (exact) mass is 445 g/mol. The first-order chi connectivity index (χ1) is 16.6. The largest absolute Gasteiger partial charge is 0.323 e. The van der Waals surface area contributed by atoms with Gasteiger partial charge in [-0.05, 0) is 71.6 Å². The van der Waals surface area contributed by atoms with E-state index in [9.17, 15) is 4.79 Å². The first-order valence-corrected chi connectivity index (χ1v) is 11.9. The molecule has 0 radical (unpaired) electrons. The molecule has 0 bridgehead atoms. The number of aromatic nitrogens is 2. The average molecular weight is 446 g/mol. The molecular formula is C30H27N3O. The molecule has 168 valence electrons. The van der Waals surface area contributed by atoms with Crippen molar-refractivity contribution in [3.05, 3.63) is 107 Å². The van der Waals surface area contributed by atoms with Gasteiger partial charge in [-0.2, -0.15) is 0 Å². The quantitative estimate of drug-likeness (QED) is 0.322. The van der Waals surface area contributed by atoms with Crippen LogP contribution in [0.15, 0.2) is 84.9 Å². The summed E-state index contributed by atoms with van der Waals surface area (Å²) in [6, 6.07) is 29.6.